The van der Waals surface area contributed by atoms with Gasteiger partial charge in [0, 0.05) is 48.6 Å². The molecule has 1 aliphatic carbocycles. The van der Waals surface area contributed by atoms with Crippen LogP contribution in [0.15, 0.2) is 29.8 Å². The Morgan fingerprint density at radius 3 is 2.54 bits per heavy atom. The van der Waals surface area contributed by atoms with Gasteiger partial charge in [0.2, 0.25) is 5.91 Å². The van der Waals surface area contributed by atoms with Crippen LogP contribution in [-0.2, 0) is 4.79 Å². The molecule has 0 saturated carbocycles. The zero-order valence-electron chi connectivity index (χ0n) is 14.5. The zero-order chi connectivity index (χ0) is 16.9. The van der Waals surface area contributed by atoms with E-state index < -0.39 is 0 Å². The van der Waals surface area contributed by atoms with Crippen molar-refractivity contribution in [2.45, 2.75) is 38.1 Å². The number of anilines is 1. The standard InChI is InChI=1S/C19H26N2O3/c1-23-17-10-16(11-18(12-17)24-2)21-9-8-15(13-21)20-19(22)14-6-4-3-5-7-14/h6,10-12,15H,3-5,7-9,13H2,1-2H3,(H,20,22). The van der Waals surface area contributed by atoms with Crippen molar-refractivity contribution in [3.8, 4) is 11.5 Å². The van der Waals surface area contributed by atoms with Crippen molar-refractivity contribution in [3.05, 3.63) is 29.8 Å². The molecule has 1 unspecified atom stereocenters. The molecule has 1 N–H and O–H groups in total. The smallest absolute Gasteiger partial charge is 0.247 e. The van der Waals surface area contributed by atoms with Gasteiger partial charge in [-0.15, -0.1) is 0 Å². The maximum absolute atomic E-state index is 12.4. The van der Waals surface area contributed by atoms with E-state index in [9.17, 15) is 4.79 Å². The van der Waals surface area contributed by atoms with Crippen LogP contribution in [0.25, 0.3) is 0 Å². The average Bonchev–Trinajstić information content (AvgIpc) is 3.10. The van der Waals surface area contributed by atoms with Crippen LogP contribution >= 0.6 is 0 Å². The van der Waals surface area contributed by atoms with Gasteiger partial charge in [-0.05, 0) is 32.1 Å². The largest absolute Gasteiger partial charge is 0.497 e. The number of rotatable bonds is 5. The summed E-state index contributed by atoms with van der Waals surface area (Å²) in [6.45, 7) is 1.73. The predicted octanol–water partition coefficient (Wildman–Crippen LogP) is 2.90. The van der Waals surface area contributed by atoms with Gasteiger partial charge in [-0.3, -0.25) is 4.79 Å². The summed E-state index contributed by atoms with van der Waals surface area (Å²) in [6.07, 6.45) is 7.32. The van der Waals surface area contributed by atoms with E-state index in [0.717, 1.165) is 61.5 Å². The highest BCUT2D eigenvalue weighted by Gasteiger charge is 2.26. The molecule has 1 atom stereocenters. The van der Waals surface area contributed by atoms with Gasteiger partial charge in [0.05, 0.1) is 14.2 Å². The van der Waals surface area contributed by atoms with Crippen molar-refractivity contribution >= 4 is 11.6 Å². The van der Waals surface area contributed by atoms with E-state index in [2.05, 4.69) is 16.3 Å². The minimum atomic E-state index is 0.116. The summed E-state index contributed by atoms with van der Waals surface area (Å²) in [6, 6.07) is 6.08. The summed E-state index contributed by atoms with van der Waals surface area (Å²) in [5, 5.41) is 3.19. The van der Waals surface area contributed by atoms with Gasteiger partial charge in [0.1, 0.15) is 11.5 Å². The molecule has 3 rings (SSSR count). The van der Waals surface area contributed by atoms with Gasteiger partial charge < -0.3 is 19.7 Å². The van der Waals surface area contributed by atoms with Crippen molar-refractivity contribution in [1.82, 2.24) is 5.32 Å². The molecule has 24 heavy (non-hydrogen) atoms. The molecule has 1 heterocycles. The number of nitrogens with zero attached hydrogens (tertiary/aromatic N) is 1. The van der Waals surface area contributed by atoms with Crippen LogP contribution < -0.4 is 19.7 Å². The lowest BCUT2D eigenvalue weighted by Gasteiger charge is -2.21. The molecule has 0 spiro atoms. The van der Waals surface area contributed by atoms with Crippen molar-refractivity contribution < 1.29 is 14.3 Å². The van der Waals surface area contributed by atoms with E-state index in [4.69, 9.17) is 9.47 Å². The Morgan fingerprint density at radius 2 is 1.92 bits per heavy atom. The number of carbonyl (C=O) groups excluding carboxylic acids is 1. The van der Waals surface area contributed by atoms with E-state index in [1.54, 1.807) is 14.2 Å². The topological polar surface area (TPSA) is 50.8 Å². The van der Waals surface area contributed by atoms with Crippen LogP contribution in [0, 0.1) is 0 Å². The lowest BCUT2D eigenvalue weighted by atomic mass is 9.99. The Balaban J connectivity index is 1.63. The number of hydrogen-bond donors (Lipinski definition) is 1. The first kappa shape index (κ1) is 16.7. The molecular formula is C19H26N2O3. The van der Waals surface area contributed by atoms with Crippen molar-refractivity contribution in [3.63, 3.8) is 0 Å². The number of benzene rings is 1. The summed E-state index contributed by atoms with van der Waals surface area (Å²) in [5.41, 5.74) is 2.03. The number of nitrogens with one attached hydrogen (secondary N) is 1. The quantitative estimate of drug-likeness (QED) is 0.902. The molecule has 5 heteroatoms. The molecule has 0 radical (unpaired) electrons. The van der Waals surface area contributed by atoms with Gasteiger partial charge >= 0.3 is 0 Å². The van der Waals surface area contributed by atoms with E-state index in [-0.39, 0.29) is 11.9 Å². The first-order chi connectivity index (χ1) is 11.7. The van der Waals surface area contributed by atoms with E-state index in [0.29, 0.717) is 0 Å². The summed E-state index contributed by atoms with van der Waals surface area (Å²) >= 11 is 0. The van der Waals surface area contributed by atoms with Crippen LogP contribution in [-0.4, -0.2) is 39.3 Å². The lowest BCUT2D eigenvalue weighted by molar-refractivity contribution is -0.118. The highest BCUT2D eigenvalue weighted by Crippen LogP contribution is 2.30. The fourth-order valence-corrected chi connectivity index (χ4v) is 3.41. The Labute approximate surface area is 143 Å². The predicted molar refractivity (Wildman–Crippen MR) is 94.9 cm³/mol. The molecule has 1 amide bonds. The van der Waals surface area contributed by atoms with Crippen LogP contribution in [0.5, 0.6) is 11.5 Å². The number of amides is 1. The molecule has 5 nitrogen and oxygen atoms in total. The molecule has 1 fully saturated rings. The summed E-state index contributed by atoms with van der Waals surface area (Å²) < 4.78 is 10.7. The minimum absolute atomic E-state index is 0.116. The van der Waals surface area contributed by atoms with Gasteiger partial charge in [-0.1, -0.05) is 6.08 Å². The van der Waals surface area contributed by atoms with Crippen LogP contribution in [0.2, 0.25) is 0 Å². The molecule has 1 saturated heterocycles. The highest BCUT2D eigenvalue weighted by molar-refractivity contribution is 5.93. The first-order valence-electron chi connectivity index (χ1n) is 8.67. The monoisotopic (exact) mass is 330 g/mol. The van der Waals surface area contributed by atoms with E-state index in [1.165, 1.54) is 6.42 Å². The number of ether oxygens (including phenoxy) is 2. The number of carbonyl (C=O) groups is 1. The Bertz CT molecular complexity index is 605. The summed E-state index contributed by atoms with van der Waals surface area (Å²) in [7, 11) is 3.31. The number of hydrogen-bond acceptors (Lipinski definition) is 4. The second kappa shape index (κ2) is 7.60. The molecule has 2 aliphatic rings. The average molecular weight is 330 g/mol. The molecule has 0 bridgehead atoms. The third-order valence-corrected chi connectivity index (χ3v) is 4.81. The molecule has 1 aromatic carbocycles. The Morgan fingerprint density at radius 1 is 1.17 bits per heavy atom. The molecule has 0 aromatic heterocycles. The second-order valence-corrected chi connectivity index (χ2v) is 6.45. The third kappa shape index (κ3) is 3.83. The molecule has 1 aromatic rings. The van der Waals surface area contributed by atoms with Gasteiger partial charge in [0.15, 0.2) is 0 Å². The zero-order valence-corrected chi connectivity index (χ0v) is 14.5. The van der Waals surface area contributed by atoms with Crippen LogP contribution in [0.1, 0.15) is 32.1 Å². The van der Waals surface area contributed by atoms with Gasteiger partial charge in [0.25, 0.3) is 0 Å². The number of methoxy groups -OCH3 is 2. The maximum Gasteiger partial charge on any atom is 0.247 e. The Kier molecular flexibility index (Phi) is 5.28. The maximum atomic E-state index is 12.4. The number of allylic oxidation sites excluding steroid dienone is 1. The first-order valence-corrected chi connectivity index (χ1v) is 8.67. The van der Waals surface area contributed by atoms with Crippen LogP contribution in [0.4, 0.5) is 5.69 Å². The SMILES string of the molecule is COc1cc(OC)cc(N2CCC(NC(=O)C3=CCCCC3)C2)c1. The normalized spacial score (nSPS) is 20.5. The molecule has 1 aliphatic heterocycles. The summed E-state index contributed by atoms with van der Waals surface area (Å²) in [4.78, 5) is 14.6. The van der Waals surface area contributed by atoms with Gasteiger partial charge in [-0.25, -0.2) is 0 Å². The van der Waals surface area contributed by atoms with Gasteiger partial charge in [-0.2, -0.15) is 0 Å². The Hall–Kier alpha value is -2.17. The second-order valence-electron chi connectivity index (χ2n) is 6.45. The highest BCUT2D eigenvalue weighted by atomic mass is 16.5. The van der Waals surface area contributed by atoms with E-state index >= 15 is 0 Å². The molecular weight excluding hydrogens is 304 g/mol. The van der Waals surface area contributed by atoms with Crippen LogP contribution in [0.3, 0.4) is 0 Å². The van der Waals surface area contributed by atoms with Crippen molar-refractivity contribution in [1.29, 1.82) is 0 Å². The minimum Gasteiger partial charge on any atom is -0.497 e. The molecule has 130 valence electrons. The summed E-state index contributed by atoms with van der Waals surface area (Å²) in [5.74, 6) is 1.68. The van der Waals surface area contributed by atoms with E-state index in [1.807, 2.05) is 18.2 Å². The fourth-order valence-electron chi connectivity index (χ4n) is 3.41. The third-order valence-electron chi connectivity index (χ3n) is 4.81. The lowest BCUT2D eigenvalue weighted by Crippen LogP contribution is -2.38. The fraction of sp³-hybridized carbons (Fsp3) is 0.526. The van der Waals surface area contributed by atoms with Crippen molar-refractivity contribution in [2.75, 3.05) is 32.2 Å². The van der Waals surface area contributed by atoms with Crippen molar-refractivity contribution in [2.24, 2.45) is 0 Å².